The average molecular weight is 443 g/mol. The number of carbonyl (C=O) groups is 1. The highest BCUT2D eigenvalue weighted by Gasteiger charge is 2.26. The van der Waals surface area contributed by atoms with Crippen LogP contribution in [-0.4, -0.2) is 22.2 Å². The van der Waals surface area contributed by atoms with Crippen LogP contribution >= 0.6 is 0 Å². The summed E-state index contributed by atoms with van der Waals surface area (Å²) in [5, 5.41) is 10.9. The number of phenolic OH excluding ortho intramolecular Hbond substituents is 1. The molecule has 0 radical (unpaired) electrons. The molecule has 0 atom stereocenters. The second kappa shape index (κ2) is 9.90. The highest BCUT2D eigenvalue weighted by atomic mass is 16.5. The molecule has 2 rings (SSSR count). The number of nitrogens with zero attached hydrogens (tertiary/aromatic N) is 1. The summed E-state index contributed by atoms with van der Waals surface area (Å²) in [7, 11) is 0. The molecule has 0 unspecified atom stereocenters. The van der Waals surface area contributed by atoms with Gasteiger partial charge in [-0.2, -0.15) is 0 Å². The van der Waals surface area contributed by atoms with Crippen molar-refractivity contribution in [2.75, 3.05) is 6.54 Å². The summed E-state index contributed by atoms with van der Waals surface area (Å²) >= 11 is 0. The number of ether oxygens (including phenoxy) is 1. The van der Waals surface area contributed by atoms with Gasteiger partial charge in [-0.3, -0.25) is 9.59 Å². The van der Waals surface area contributed by atoms with Crippen LogP contribution in [0.25, 0.3) is 0 Å². The Kier molecular flexibility index (Phi) is 7.94. The largest absolute Gasteiger partial charge is 0.507 e. The van der Waals surface area contributed by atoms with E-state index >= 15 is 0 Å². The van der Waals surface area contributed by atoms with E-state index in [1.807, 2.05) is 4.57 Å². The number of aryl methyl sites for hydroxylation is 2. The van der Waals surface area contributed by atoms with Crippen molar-refractivity contribution in [1.82, 2.24) is 4.57 Å². The number of aromatic nitrogens is 1. The maximum absolute atomic E-state index is 12.2. The van der Waals surface area contributed by atoms with Gasteiger partial charge in [-0.1, -0.05) is 53.7 Å². The molecule has 0 amide bonds. The van der Waals surface area contributed by atoms with E-state index in [1.54, 1.807) is 13.1 Å². The van der Waals surface area contributed by atoms with Gasteiger partial charge in [0, 0.05) is 25.4 Å². The third-order valence-electron chi connectivity index (χ3n) is 5.60. The summed E-state index contributed by atoms with van der Waals surface area (Å²) in [6, 6.07) is 5.62. The van der Waals surface area contributed by atoms with Gasteiger partial charge in [0.1, 0.15) is 5.75 Å². The summed E-state index contributed by atoms with van der Waals surface area (Å²) in [6.07, 6.45) is 3.45. The van der Waals surface area contributed by atoms with Gasteiger partial charge in [0.05, 0.1) is 12.1 Å². The summed E-state index contributed by atoms with van der Waals surface area (Å²) in [5.41, 5.74) is 8.45. The summed E-state index contributed by atoms with van der Waals surface area (Å²) in [6.45, 7) is 15.3. The lowest BCUT2D eigenvalue weighted by Gasteiger charge is -2.28. The van der Waals surface area contributed by atoms with Gasteiger partial charge in [-0.05, 0) is 47.3 Å². The quantitative estimate of drug-likeness (QED) is 0.622. The molecule has 0 spiro atoms. The van der Waals surface area contributed by atoms with Crippen molar-refractivity contribution in [2.45, 2.75) is 85.1 Å². The molecule has 0 aliphatic heterocycles. The van der Waals surface area contributed by atoms with Crippen LogP contribution in [0.1, 0.15) is 76.8 Å². The molecule has 6 heteroatoms. The van der Waals surface area contributed by atoms with E-state index in [9.17, 15) is 14.7 Å². The summed E-state index contributed by atoms with van der Waals surface area (Å²) < 4.78 is 7.19. The lowest BCUT2D eigenvalue weighted by molar-refractivity contribution is -0.134. The van der Waals surface area contributed by atoms with Crippen molar-refractivity contribution in [3.05, 3.63) is 57.0 Å². The third-order valence-corrected chi connectivity index (χ3v) is 5.60. The Balaban J connectivity index is 2.25. The van der Waals surface area contributed by atoms with Crippen molar-refractivity contribution in [1.29, 1.82) is 0 Å². The maximum Gasteiger partial charge on any atom is 0.312 e. The zero-order chi connectivity index (χ0) is 24.3. The number of aromatic hydroxyl groups is 1. The van der Waals surface area contributed by atoms with Crippen LogP contribution in [0.3, 0.4) is 0 Å². The minimum Gasteiger partial charge on any atom is -0.507 e. The van der Waals surface area contributed by atoms with Gasteiger partial charge in [0.15, 0.2) is 5.75 Å². The van der Waals surface area contributed by atoms with Crippen molar-refractivity contribution in [3.63, 3.8) is 0 Å². The fraction of sp³-hybridized carbons (Fsp3) is 0.538. The van der Waals surface area contributed by atoms with Crippen molar-refractivity contribution >= 4 is 5.97 Å². The van der Waals surface area contributed by atoms with Crippen molar-refractivity contribution in [2.24, 2.45) is 5.73 Å². The minimum absolute atomic E-state index is 0.0700. The first kappa shape index (κ1) is 25.7. The number of rotatable bonds is 7. The monoisotopic (exact) mass is 442 g/mol. The highest BCUT2D eigenvalue weighted by Crippen LogP contribution is 2.40. The predicted octanol–water partition coefficient (Wildman–Crippen LogP) is 4.34. The Bertz CT molecular complexity index is 989. The van der Waals surface area contributed by atoms with E-state index in [4.69, 9.17) is 10.5 Å². The maximum atomic E-state index is 12.2. The number of carbonyl (C=O) groups excluding carboxylic acids is 1. The molecule has 0 saturated carbocycles. The molecule has 0 fully saturated rings. The number of hydrogen-bond donors (Lipinski definition) is 2. The molecule has 0 aliphatic rings. The third kappa shape index (κ3) is 6.22. The summed E-state index contributed by atoms with van der Waals surface area (Å²) in [4.78, 5) is 24.0. The van der Waals surface area contributed by atoms with Gasteiger partial charge in [0.2, 0.25) is 5.43 Å². The lowest BCUT2D eigenvalue weighted by atomic mass is 9.78. The van der Waals surface area contributed by atoms with E-state index < -0.39 is 5.97 Å². The first-order valence-corrected chi connectivity index (χ1v) is 11.2. The van der Waals surface area contributed by atoms with Crippen LogP contribution in [0.5, 0.6) is 11.5 Å². The average Bonchev–Trinajstić information content (AvgIpc) is 2.66. The highest BCUT2D eigenvalue weighted by molar-refractivity contribution is 5.72. The van der Waals surface area contributed by atoms with Crippen LogP contribution < -0.4 is 15.9 Å². The Labute approximate surface area is 191 Å². The molecular weight excluding hydrogens is 404 g/mol. The van der Waals surface area contributed by atoms with E-state index in [0.717, 1.165) is 24.0 Å². The second-order valence-electron chi connectivity index (χ2n) is 10.4. The molecule has 0 saturated heterocycles. The number of esters is 1. The fourth-order valence-electron chi connectivity index (χ4n) is 3.74. The zero-order valence-corrected chi connectivity index (χ0v) is 20.5. The molecule has 176 valence electrons. The topological polar surface area (TPSA) is 94.5 Å². The van der Waals surface area contributed by atoms with Crippen molar-refractivity contribution in [3.8, 4) is 11.5 Å². The second-order valence-corrected chi connectivity index (χ2v) is 10.4. The standard InChI is InChI=1S/C26H38N2O4/c1-17-24(32-22(30)10-12-27)21(29)11-14-28(17)13-8-9-18-15-19(25(2,3)4)23(31)20(16-18)26(5,6)7/h11,14-16,31H,8-10,12-13,27H2,1-7H3. The summed E-state index contributed by atoms with van der Waals surface area (Å²) in [5.74, 6) is -0.0477. The Morgan fingerprint density at radius 3 is 2.16 bits per heavy atom. The molecular formula is C26H38N2O4. The SMILES string of the molecule is Cc1c(OC(=O)CCN)c(=O)ccn1CCCc1cc(C(C)(C)C)c(O)c(C(C)(C)C)c1. The van der Waals surface area contributed by atoms with E-state index in [-0.39, 0.29) is 35.0 Å². The van der Waals surface area contributed by atoms with Crippen LogP contribution in [0, 0.1) is 6.92 Å². The molecule has 32 heavy (non-hydrogen) atoms. The van der Waals surface area contributed by atoms with Crippen LogP contribution in [0.15, 0.2) is 29.2 Å². The molecule has 0 bridgehead atoms. The molecule has 1 aromatic carbocycles. The lowest BCUT2D eigenvalue weighted by Crippen LogP contribution is -2.21. The van der Waals surface area contributed by atoms with Crippen LogP contribution in [0.2, 0.25) is 0 Å². The number of benzene rings is 1. The van der Waals surface area contributed by atoms with Gasteiger partial charge in [-0.15, -0.1) is 0 Å². The molecule has 2 aromatic rings. The van der Waals surface area contributed by atoms with Crippen molar-refractivity contribution < 1.29 is 14.6 Å². The van der Waals surface area contributed by atoms with E-state index in [2.05, 4.69) is 53.7 Å². The normalized spacial score (nSPS) is 12.1. The predicted molar refractivity (Wildman–Crippen MR) is 129 cm³/mol. The molecule has 1 aromatic heterocycles. The number of pyridine rings is 1. The molecule has 1 heterocycles. The Morgan fingerprint density at radius 2 is 1.66 bits per heavy atom. The smallest absolute Gasteiger partial charge is 0.312 e. The van der Waals surface area contributed by atoms with Gasteiger partial charge < -0.3 is 20.1 Å². The minimum atomic E-state index is -0.501. The van der Waals surface area contributed by atoms with Gasteiger partial charge in [0.25, 0.3) is 0 Å². The Morgan fingerprint density at radius 1 is 1.09 bits per heavy atom. The van der Waals surface area contributed by atoms with E-state index in [0.29, 0.717) is 18.0 Å². The molecule has 6 nitrogen and oxygen atoms in total. The molecule has 3 N–H and O–H groups in total. The number of nitrogens with two attached hydrogens (primary N) is 1. The molecule has 0 aliphatic carbocycles. The Hall–Kier alpha value is -2.60. The zero-order valence-electron chi connectivity index (χ0n) is 20.5. The number of hydrogen-bond acceptors (Lipinski definition) is 5. The van der Waals surface area contributed by atoms with Gasteiger partial charge >= 0.3 is 5.97 Å². The van der Waals surface area contributed by atoms with Gasteiger partial charge in [-0.25, -0.2) is 0 Å². The first-order chi connectivity index (χ1) is 14.8. The fourth-order valence-corrected chi connectivity index (χ4v) is 3.74. The van der Waals surface area contributed by atoms with Crippen LogP contribution in [-0.2, 0) is 28.6 Å². The van der Waals surface area contributed by atoms with E-state index in [1.165, 1.54) is 11.6 Å². The first-order valence-electron chi connectivity index (χ1n) is 11.2. The van der Waals surface area contributed by atoms with Crippen LogP contribution in [0.4, 0.5) is 0 Å². The number of phenols is 1.